The molecule has 20 heavy (non-hydrogen) atoms. The molecular formula is C18H22O2. The van der Waals surface area contributed by atoms with Crippen LogP contribution in [-0.4, -0.2) is 18.5 Å². The van der Waals surface area contributed by atoms with Crippen LogP contribution in [0.3, 0.4) is 0 Å². The van der Waals surface area contributed by atoms with Crippen molar-refractivity contribution in [2.75, 3.05) is 7.11 Å². The van der Waals surface area contributed by atoms with Crippen molar-refractivity contribution in [3.63, 3.8) is 0 Å². The molecule has 1 aromatic rings. The highest BCUT2D eigenvalue weighted by Gasteiger charge is 2.52. The maximum Gasteiger partial charge on any atom is 0.159 e. The van der Waals surface area contributed by atoms with Crippen LogP contribution in [0, 0.1) is 0 Å². The average molecular weight is 270 g/mol. The highest BCUT2D eigenvalue weighted by atomic mass is 16.5. The van der Waals surface area contributed by atoms with Gasteiger partial charge in [0.05, 0.1) is 0 Å². The minimum absolute atomic E-state index is 0.277. The number of ketones is 1. The number of benzene rings is 1. The molecule has 0 heterocycles. The van der Waals surface area contributed by atoms with Gasteiger partial charge in [-0.2, -0.15) is 0 Å². The van der Waals surface area contributed by atoms with Crippen LogP contribution in [0.4, 0.5) is 0 Å². The minimum Gasteiger partial charge on any atom is -0.373 e. The molecule has 0 saturated heterocycles. The highest BCUT2D eigenvalue weighted by molar-refractivity contribution is 6.07. The summed E-state index contributed by atoms with van der Waals surface area (Å²) in [5, 5.41) is 0. The van der Waals surface area contributed by atoms with Gasteiger partial charge in [-0.3, -0.25) is 4.79 Å². The van der Waals surface area contributed by atoms with E-state index in [1.165, 1.54) is 11.1 Å². The number of carbonyl (C=O) groups is 1. The largest absolute Gasteiger partial charge is 0.373 e. The Kier molecular flexibility index (Phi) is 3.29. The second-order valence-electron chi connectivity index (χ2n) is 5.95. The molecule has 0 aromatic heterocycles. The fourth-order valence-electron chi connectivity index (χ4n) is 4.15. The number of fused-ring (bicyclic) bond motifs is 3. The molecule has 2 aliphatic rings. The normalized spacial score (nSPS) is 28.6. The van der Waals surface area contributed by atoms with Gasteiger partial charge in [0.15, 0.2) is 5.78 Å². The molecule has 1 aromatic carbocycles. The number of carbonyl (C=O) groups excluding carboxylic acids is 1. The fourth-order valence-corrected chi connectivity index (χ4v) is 4.15. The molecule has 0 saturated carbocycles. The number of methoxy groups -OCH3 is 1. The molecule has 2 unspecified atom stereocenters. The van der Waals surface area contributed by atoms with E-state index in [4.69, 9.17) is 4.74 Å². The number of hydrogen-bond acceptors (Lipinski definition) is 2. The van der Waals surface area contributed by atoms with Gasteiger partial charge in [-0.1, -0.05) is 37.6 Å². The van der Waals surface area contributed by atoms with Crippen LogP contribution in [-0.2, 0) is 9.53 Å². The van der Waals surface area contributed by atoms with E-state index in [0.717, 1.165) is 30.4 Å². The van der Waals surface area contributed by atoms with Crippen LogP contribution in [0.1, 0.15) is 56.6 Å². The van der Waals surface area contributed by atoms with E-state index in [0.29, 0.717) is 12.3 Å². The van der Waals surface area contributed by atoms with Crippen LogP contribution in [0.2, 0.25) is 0 Å². The minimum atomic E-state index is -0.280. The van der Waals surface area contributed by atoms with E-state index in [-0.39, 0.29) is 11.4 Å². The molecule has 2 atom stereocenters. The summed E-state index contributed by atoms with van der Waals surface area (Å²) < 4.78 is 6.06. The lowest BCUT2D eigenvalue weighted by Crippen LogP contribution is -2.39. The molecule has 106 valence electrons. The van der Waals surface area contributed by atoms with Gasteiger partial charge >= 0.3 is 0 Å². The zero-order valence-corrected chi connectivity index (χ0v) is 12.5. The monoisotopic (exact) mass is 270 g/mol. The van der Waals surface area contributed by atoms with Crippen LogP contribution in [0.15, 0.2) is 29.8 Å². The van der Waals surface area contributed by atoms with Crippen molar-refractivity contribution in [1.29, 1.82) is 0 Å². The molecule has 0 spiro atoms. The number of ether oxygens (including phenoxy) is 1. The summed E-state index contributed by atoms with van der Waals surface area (Å²) in [4.78, 5) is 12.2. The second-order valence-corrected chi connectivity index (χ2v) is 5.95. The zero-order valence-electron chi connectivity index (χ0n) is 12.5. The summed E-state index contributed by atoms with van der Waals surface area (Å²) in [5.41, 5.74) is 4.38. The molecule has 2 nitrogen and oxygen atoms in total. The molecule has 3 rings (SSSR count). The first-order valence-corrected chi connectivity index (χ1v) is 7.54. The Labute approximate surface area is 120 Å². The summed E-state index contributed by atoms with van der Waals surface area (Å²) in [7, 11) is 1.80. The Morgan fingerprint density at radius 3 is 2.80 bits per heavy atom. The van der Waals surface area contributed by atoms with Gasteiger partial charge < -0.3 is 4.74 Å². The summed E-state index contributed by atoms with van der Waals surface area (Å²) in [5.74, 6) is 0.659. The second kappa shape index (κ2) is 4.85. The van der Waals surface area contributed by atoms with Gasteiger partial charge in [0.1, 0.15) is 5.60 Å². The maximum atomic E-state index is 12.2. The van der Waals surface area contributed by atoms with Crippen LogP contribution in [0.5, 0.6) is 0 Å². The predicted molar refractivity (Wildman–Crippen MR) is 80.7 cm³/mol. The SMILES string of the molecule is CCCC1c2ccccc2C2=C(C)C(=O)CCC21OC. The van der Waals surface area contributed by atoms with E-state index >= 15 is 0 Å². The summed E-state index contributed by atoms with van der Waals surface area (Å²) in [6, 6.07) is 8.52. The maximum absolute atomic E-state index is 12.2. The first-order chi connectivity index (χ1) is 9.65. The summed E-state index contributed by atoms with van der Waals surface area (Å²) in [6.45, 7) is 4.18. The lowest BCUT2D eigenvalue weighted by atomic mass is 9.73. The predicted octanol–water partition coefficient (Wildman–Crippen LogP) is 4.11. The molecule has 0 amide bonds. The van der Waals surface area contributed by atoms with E-state index in [9.17, 15) is 4.79 Å². The van der Waals surface area contributed by atoms with Crippen molar-refractivity contribution in [3.05, 3.63) is 41.0 Å². The van der Waals surface area contributed by atoms with Crippen molar-refractivity contribution >= 4 is 11.4 Å². The van der Waals surface area contributed by atoms with Crippen molar-refractivity contribution in [2.24, 2.45) is 0 Å². The fraction of sp³-hybridized carbons (Fsp3) is 0.500. The summed E-state index contributed by atoms with van der Waals surface area (Å²) >= 11 is 0. The van der Waals surface area contributed by atoms with Crippen LogP contribution in [0.25, 0.3) is 5.57 Å². The number of Topliss-reactive ketones (excluding diaryl/α,β-unsaturated/α-hetero) is 1. The average Bonchev–Trinajstić information content (AvgIpc) is 2.75. The molecular weight excluding hydrogens is 248 g/mol. The Balaban J connectivity index is 2.28. The molecule has 0 aliphatic heterocycles. The molecule has 0 N–H and O–H groups in total. The Morgan fingerprint density at radius 2 is 2.10 bits per heavy atom. The van der Waals surface area contributed by atoms with Crippen LogP contribution < -0.4 is 0 Å². The van der Waals surface area contributed by atoms with Crippen LogP contribution >= 0.6 is 0 Å². The van der Waals surface area contributed by atoms with E-state index < -0.39 is 0 Å². The highest BCUT2D eigenvalue weighted by Crippen LogP contribution is 2.57. The Bertz CT molecular complexity index is 585. The summed E-state index contributed by atoms with van der Waals surface area (Å²) in [6.07, 6.45) is 3.66. The van der Waals surface area contributed by atoms with Gasteiger partial charge in [-0.05, 0) is 42.0 Å². The molecule has 0 fully saturated rings. The topological polar surface area (TPSA) is 26.3 Å². The van der Waals surface area contributed by atoms with Gasteiger partial charge in [-0.25, -0.2) is 0 Å². The molecule has 0 radical (unpaired) electrons. The van der Waals surface area contributed by atoms with Crippen molar-refractivity contribution in [1.82, 2.24) is 0 Å². The first kappa shape index (κ1) is 13.6. The lowest BCUT2D eigenvalue weighted by Gasteiger charge is -2.39. The van der Waals surface area contributed by atoms with Gasteiger partial charge in [0, 0.05) is 19.4 Å². The third-order valence-electron chi connectivity index (χ3n) is 5.05. The van der Waals surface area contributed by atoms with E-state index in [2.05, 4.69) is 31.2 Å². The standard InChI is InChI=1S/C18H22O2/c1-4-7-15-13-8-5-6-9-14(13)17-12(2)16(19)10-11-18(15,17)20-3/h5-6,8-9,15H,4,7,10-11H2,1-3H3. The number of rotatable bonds is 3. The third kappa shape index (κ3) is 1.64. The lowest BCUT2D eigenvalue weighted by molar-refractivity contribution is -0.117. The Hall–Kier alpha value is -1.41. The van der Waals surface area contributed by atoms with Crippen molar-refractivity contribution < 1.29 is 9.53 Å². The van der Waals surface area contributed by atoms with E-state index in [1.807, 2.05) is 6.92 Å². The van der Waals surface area contributed by atoms with Gasteiger partial charge in [-0.15, -0.1) is 0 Å². The number of hydrogen-bond donors (Lipinski definition) is 0. The van der Waals surface area contributed by atoms with Gasteiger partial charge in [0.2, 0.25) is 0 Å². The smallest absolute Gasteiger partial charge is 0.159 e. The van der Waals surface area contributed by atoms with Gasteiger partial charge in [0.25, 0.3) is 0 Å². The zero-order chi connectivity index (χ0) is 14.3. The third-order valence-corrected chi connectivity index (χ3v) is 5.05. The molecule has 2 aliphatic carbocycles. The van der Waals surface area contributed by atoms with Crippen molar-refractivity contribution in [3.8, 4) is 0 Å². The first-order valence-electron chi connectivity index (χ1n) is 7.54. The molecule has 0 bridgehead atoms. The van der Waals surface area contributed by atoms with E-state index in [1.54, 1.807) is 7.11 Å². The quantitative estimate of drug-likeness (QED) is 0.826. The Morgan fingerprint density at radius 1 is 1.35 bits per heavy atom. The number of allylic oxidation sites excluding steroid dienone is 1. The molecule has 2 heteroatoms. The van der Waals surface area contributed by atoms with Crippen molar-refractivity contribution in [2.45, 2.75) is 51.0 Å².